The van der Waals surface area contributed by atoms with Crippen molar-refractivity contribution in [3.8, 4) is 35.5 Å². The van der Waals surface area contributed by atoms with Crippen LogP contribution in [-0.2, 0) is 4.79 Å². The van der Waals surface area contributed by atoms with Gasteiger partial charge in [-0.15, -0.1) is 0 Å². The van der Waals surface area contributed by atoms with Gasteiger partial charge in [-0.25, -0.2) is 4.39 Å². The highest BCUT2D eigenvalue weighted by atomic mass is 19.1. The van der Waals surface area contributed by atoms with Gasteiger partial charge < -0.3 is 0 Å². The van der Waals surface area contributed by atoms with Gasteiger partial charge in [0.15, 0.2) is 0 Å². The van der Waals surface area contributed by atoms with Gasteiger partial charge in [-0.05, 0) is 29.6 Å². The maximum atomic E-state index is 11.3. The summed E-state index contributed by atoms with van der Waals surface area (Å²) in [6.07, 6.45) is 1.34. The zero-order valence-corrected chi connectivity index (χ0v) is 6.44. The second kappa shape index (κ2) is 7.13. The summed E-state index contributed by atoms with van der Waals surface area (Å²) in [5.74, 6) is 13.5. The van der Waals surface area contributed by atoms with Crippen molar-refractivity contribution < 1.29 is 9.18 Å². The molecule has 12 heavy (non-hydrogen) atoms. The normalized spacial score (nSPS) is 6.83. The van der Waals surface area contributed by atoms with Gasteiger partial charge in [-0.2, -0.15) is 0 Å². The Hall–Kier alpha value is -1.98. The van der Waals surface area contributed by atoms with Gasteiger partial charge in [0.25, 0.3) is 0 Å². The molecule has 0 heterocycles. The highest BCUT2D eigenvalue weighted by Gasteiger charge is 1.74. The quantitative estimate of drug-likeness (QED) is 0.382. The number of carbonyl (C=O) groups is 1. The van der Waals surface area contributed by atoms with E-state index >= 15 is 0 Å². The lowest BCUT2D eigenvalue weighted by atomic mass is 10.4. The molecule has 0 aromatic rings. The molecule has 0 saturated heterocycles. The molecule has 0 saturated carbocycles. The summed E-state index contributed by atoms with van der Waals surface area (Å²) in [7, 11) is 0. The lowest BCUT2D eigenvalue weighted by Crippen LogP contribution is -1.78. The zero-order valence-electron chi connectivity index (χ0n) is 6.44. The topological polar surface area (TPSA) is 17.1 Å². The van der Waals surface area contributed by atoms with Gasteiger partial charge in [0.1, 0.15) is 0 Å². The van der Waals surface area contributed by atoms with Crippen LogP contribution in [0.1, 0.15) is 6.92 Å². The Kier molecular flexibility index (Phi) is 5.95. The van der Waals surface area contributed by atoms with Crippen LogP contribution in [0.2, 0.25) is 0 Å². The maximum absolute atomic E-state index is 11.3. The Morgan fingerprint density at radius 1 is 1.25 bits per heavy atom. The molecule has 0 aromatic carbocycles. The fourth-order valence-electron chi connectivity index (χ4n) is 0.291. The molecule has 0 bridgehead atoms. The molecule has 0 radical (unpaired) electrons. The van der Waals surface area contributed by atoms with E-state index in [1.54, 1.807) is 0 Å². The zero-order chi connectivity index (χ0) is 9.23. The van der Waals surface area contributed by atoms with Crippen molar-refractivity contribution in [3.63, 3.8) is 0 Å². The van der Waals surface area contributed by atoms with Crippen molar-refractivity contribution in [2.45, 2.75) is 6.92 Å². The fraction of sp³-hybridized carbons (Fsp3) is 0.100. The smallest absolute Gasteiger partial charge is 0.203 e. The highest BCUT2D eigenvalue weighted by molar-refractivity contribution is 5.93. The van der Waals surface area contributed by atoms with Crippen molar-refractivity contribution in [3.05, 3.63) is 12.4 Å². The van der Waals surface area contributed by atoms with Crippen molar-refractivity contribution in [2.75, 3.05) is 0 Å². The van der Waals surface area contributed by atoms with Gasteiger partial charge in [-0.1, -0.05) is 5.92 Å². The number of rotatable bonds is 0. The molecule has 0 amide bonds. The molecular formula is C10H5FO. The number of halogens is 1. The van der Waals surface area contributed by atoms with E-state index in [0.29, 0.717) is 6.33 Å². The van der Waals surface area contributed by atoms with Crippen LogP contribution < -0.4 is 0 Å². The molecule has 58 valence electrons. The summed E-state index contributed by atoms with van der Waals surface area (Å²) >= 11 is 0. The highest BCUT2D eigenvalue weighted by Crippen LogP contribution is 1.67. The Balaban J connectivity index is 4.04. The van der Waals surface area contributed by atoms with E-state index in [1.807, 2.05) is 0 Å². The number of ketones is 1. The molecule has 0 aliphatic heterocycles. The summed E-state index contributed by atoms with van der Waals surface area (Å²) in [6.45, 7) is 1.34. The molecule has 2 heteroatoms. The van der Waals surface area contributed by atoms with E-state index in [4.69, 9.17) is 0 Å². The van der Waals surface area contributed by atoms with E-state index in [9.17, 15) is 9.18 Å². The Bertz CT molecular complexity index is 358. The lowest BCUT2D eigenvalue weighted by Gasteiger charge is -1.63. The molecule has 1 nitrogen and oxygen atoms in total. The molecule has 0 fully saturated rings. The number of carbonyl (C=O) groups excluding carboxylic acids is 1. The number of hydrogen-bond donors (Lipinski definition) is 0. The Morgan fingerprint density at radius 2 is 1.92 bits per heavy atom. The molecule has 0 rings (SSSR count). The first-order valence-corrected chi connectivity index (χ1v) is 3.04. The molecule has 0 aliphatic rings. The molecule has 0 unspecified atom stereocenters. The molecule has 0 N–H and O–H groups in total. The van der Waals surface area contributed by atoms with Crippen LogP contribution in [0.3, 0.4) is 0 Å². The van der Waals surface area contributed by atoms with E-state index in [-0.39, 0.29) is 5.78 Å². The first-order valence-electron chi connectivity index (χ1n) is 3.04. The van der Waals surface area contributed by atoms with Crippen LogP contribution >= 0.6 is 0 Å². The molecular weight excluding hydrogens is 155 g/mol. The minimum absolute atomic E-state index is 0.249. The van der Waals surface area contributed by atoms with Gasteiger partial charge in [-0.3, -0.25) is 4.79 Å². The van der Waals surface area contributed by atoms with Gasteiger partial charge in [0.2, 0.25) is 5.78 Å². The van der Waals surface area contributed by atoms with Crippen molar-refractivity contribution in [1.29, 1.82) is 0 Å². The standard InChI is InChI=1S/C10H5FO/c1-10(12)8-6-4-2-3-5-7-9-11/h7,9H,1H3/b9-7+. The van der Waals surface area contributed by atoms with Crippen molar-refractivity contribution >= 4 is 5.78 Å². The van der Waals surface area contributed by atoms with Gasteiger partial charge in [0.05, 0.1) is 6.33 Å². The molecule has 0 aromatic heterocycles. The second-order valence-electron chi connectivity index (χ2n) is 1.62. The van der Waals surface area contributed by atoms with Crippen LogP contribution in [0.5, 0.6) is 0 Å². The van der Waals surface area contributed by atoms with Crippen LogP contribution in [0, 0.1) is 35.5 Å². The van der Waals surface area contributed by atoms with Crippen LogP contribution in [0.25, 0.3) is 0 Å². The minimum atomic E-state index is -0.249. The largest absolute Gasteiger partial charge is 0.285 e. The van der Waals surface area contributed by atoms with Gasteiger partial charge >= 0.3 is 0 Å². The summed E-state index contributed by atoms with van der Waals surface area (Å²) in [5, 5.41) is 0. The van der Waals surface area contributed by atoms with Crippen LogP contribution in [0.15, 0.2) is 12.4 Å². The number of allylic oxidation sites excluding steroid dienone is 1. The average molecular weight is 160 g/mol. The third-order valence-electron chi connectivity index (χ3n) is 0.645. The summed E-state index contributed by atoms with van der Waals surface area (Å²) in [6, 6.07) is 0. The van der Waals surface area contributed by atoms with Crippen molar-refractivity contribution in [2.24, 2.45) is 0 Å². The monoisotopic (exact) mass is 160 g/mol. The predicted octanol–water partition coefficient (Wildman–Crippen LogP) is 1.07. The third-order valence-corrected chi connectivity index (χ3v) is 0.645. The minimum Gasteiger partial charge on any atom is -0.285 e. The summed E-state index contributed by atoms with van der Waals surface area (Å²) < 4.78 is 11.3. The van der Waals surface area contributed by atoms with Gasteiger partial charge in [0, 0.05) is 13.0 Å². The molecule has 0 aliphatic carbocycles. The average Bonchev–Trinajstić information content (AvgIpc) is 2.02. The van der Waals surface area contributed by atoms with E-state index in [0.717, 1.165) is 6.08 Å². The molecule has 0 atom stereocenters. The summed E-state index contributed by atoms with van der Waals surface area (Å²) in [4.78, 5) is 10.2. The first kappa shape index (κ1) is 10.0. The van der Waals surface area contributed by atoms with Crippen LogP contribution in [0.4, 0.5) is 4.39 Å². The number of hydrogen-bond acceptors (Lipinski definition) is 1. The van der Waals surface area contributed by atoms with E-state index < -0.39 is 0 Å². The van der Waals surface area contributed by atoms with E-state index in [2.05, 4.69) is 35.5 Å². The fourth-order valence-corrected chi connectivity index (χ4v) is 0.291. The summed E-state index contributed by atoms with van der Waals surface area (Å²) in [5.41, 5.74) is 0. The second-order valence-corrected chi connectivity index (χ2v) is 1.62. The van der Waals surface area contributed by atoms with Crippen molar-refractivity contribution in [1.82, 2.24) is 0 Å². The van der Waals surface area contributed by atoms with Crippen LogP contribution in [-0.4, -0.2) is 5.78 Å². The first-order chi connectivity index (χ1) is 5.77. The number of Topliss-reactive ketones (excluding diaryl/α,β-unsaturated/α-hetero) is 1. The lowest BCUT2D eigenvalue weighted by molar-refractivity contribution is -0.111. The maximum Gasteiger partial charge on any atom is 0.203 e. The Morgan fingerprint density at radius 3 is 2.50 bits per heavy atom. The predicted molar refractivity (Wildman–Crippen MR) is 44.3 cm³/mol. The SMILES string of the molecule is CC(=O)C#CC#CC#C/C=C/F. The third kappa shape index (κ3) is 8.02. The molecule has 0 spiro atoms. The van der Waals surface area contributed by atoms with E-state index in [1.165, 1.54) is 6.92 Å². The Labute approximate surface area is 70.7 Å².